The van der Waals surface area contributed by atoms with Gasteiger partial charge in [0.2, 0.25) is 5.91 Å². The van der Waals surface area contributed by atoms with Crippen molar-refractivity contribution in [3.63, 3.8) is 0 Å². The van der Waals surface area contributed by atoms with Crippen LogP contribution in [0.5, 0.6) is 0 Å². The zero-order chi connectivity index (χ0) is 14.7. The van der Waals surface area contributed by atoms with Gasteiger partial charge in [0, 0.05) is 44.8 Å². The summed E-state index contributed by atoms with van der Waals surface area (Å²) >= 11 is 0. The maximum Gasteiger partial charge on any atom is 0.219 e. The minimum absolute atomic E-state index is 0.158. The van der Waals surface area contributed by atoms with Crippen molar-refractivity contribution in [3.8, 4) is 11.5 Å². The molecule has 1 aliphatic heterocycles. The molecule has 0 bridgehead atoms. The van der Waals surface area contributed by atoms with Crippen molar-refractivity contribution in [3.05, 3.63) is 30.5 Å². The topological polar surface area (TPSA) is 74.8 Å². The molecule has 3 heterocycles. The summed E-state index contributed by atoms with van der Waals surface area (Å²) in [6.45, 7) is 3.32. The fourth-order valence-corrected chi connectivity index (χ4v) is 2.90. The molecule has 1 atom stereocenters. The molecule has 0 saturated carbocycles. The summed E-state index contributed by atoms with van der Waals surface area (Å²) in [5.74, 6) is 1.34. The summed E-state index contributed by atoms with van der Waals surface area (Å²) < 4.78 is 0. The normalized spacial score (nSPS) is 18.7. The van der Waals surface area contributed by atoms with E-state index in [1.54, 1.807) is 31.7 Å². The molecule has 110 valence electrons. The molecule has 1 saturated heterocycles. The van der Waals surface area contributed by atoms with Crippen molar-refractivity contribution >= 4 is 5.91 Å². The molecule has 1 amide bonds. The van der Waals surface area contributed by atoms with Gasteiger partial charge in [-0.15, -0.1) is 0 Å². The molecule has 0 spiro atoms. The lowest BCUT2D eigenvalue weighted by atomic mass is 9.92. The van der Waals surface area contributed by atoms with Gasteiger partial charge in [-0.3, -0.25) is 9.78 Å². The predicted molar refractivity (Wildman–Crippen MR) is 78.3 cm³/mol. The number of carbonyl (C=O) groups excluding carboxylic acids is 1. The van der Waals surface area contributed by atoms with Crippen molar-refractivity contribution < 1.29 is 4.79 Å². The first kappa shape index (κ1) is 13.7. The maximum absolute atomic E-state index is 11.5. The van der Waals surface area contributed by atoms with Crippen molar-refractivity contribution in [1.29, 1.82) is 0 Å². The molecular formula is C15H19N5O. The van der Waals surface area contributed by atoms with Gasteiger partial charge in [-0.05, 0) is 25.2 Å². The Balaban J connectivity index is 1.77. The van der Waals surface area contributed by atoms with Crippen LogP contribution in [-0.4, -0.2) is 43.8 Å². The average molecular weight is 285 g/mol. The maximum atomic E-state index is 11.5. The number of rotatable bonds is 3. The monoisotopic (exact) mass is 285 g/mol. The van der Waals surface area contributed by atoms with Gasteiger partial charge < -0.3 is 9.88 Å². The Hall–Kier alpha value is -2.24. The lowest BCUT2D eigenvalue weighted by Gasteiger charge is -2.32. The number of hydrogen-bond donors (Lipinski definition) is 1. The fraction of sp³-hybridized carbons (Fsp3) is 0.467. The second-order valence-electron chi connectivity index (χ2n) is 5.47. The number of H-pyrrole nitrogens is 1. The highest BCUT2D eigenvalue weighted by Gasteiger charge is 2.23. The summed E-state index contributed by atoms with van der Waals surface area (Å²) in [6.07, 6.45) is 9.90. The minimum Gasteiger partial charge on any atom is -0.343 e. The molecular weight excluding hydrogens is 266 g/mol. The molecule has 6 heteroatoms. The molecule has 6 nitrogen and oxygen atoms in total. The number of hydrogen-bond acceptors (Lipinski definition) is 4. The highest BCUT2D eigenvalue weighted by atomic mass is 16.2. The zero-order valence-electron chi connectivity index (χ0n) is 12.1. The highest BCUT2D eigenvalue weighted by Crippen LogP contribution is 2.24. The summed E-state index contributed by atoms with van der Waals surface area (Å²) in [7, 11) is 0. The second kappa shape index (κ2) is 6.03. The molecule has 1 fully saturated rings. The first-order valence-corrected chi connectivity index (χ1v) is 7.29. The van der Waals surface area contributed by atoms with Crippen LogP contribution in [0.15, 0.2) is 24.8 Å². The van der Waals surface area contributed by atoms with E-state index in [0.29, 0.717) is 5.92 Å². The third-order valence-corrected chi connectivity index (χ3v) is 3.94. The molecule has 3 rings (SSSR count). The fourth-order valence-electron chi connectivity index (χ4n) is 2.90. The molecule has 1 aliphatic rings. The molecule has 1 N–H and O–H groups in total. The highest BCUT2D eigenvalue weighted by molar-refractivity contribution is 5.73. The van der Waals surface area contributed by atoms with Crippen LogP contribution in [0.2, 0.25) is 0 Å². The van der Waals surface area contributed by atoms with E-state index in [1.807, 2.05) is 4.90 Å². The number of aromatic nitrogens is 4. The number of imidazole rings is 1. The first-order valence-electron chi connectivity index (χ1n) is 7.29. The van der Waals surface area contributed by atoms with Gasteiger partial charge in [-0.1, -0.05) is 0 Å². The predicted octanol–water partition coefficient (Wildman–Crippen LogP) is 1.67. The number of likely N-dealkylation sites (tertiary alicyclic amines) is 1. The van der Waals surface area contributed by atoms with E-state index in [0.717, 1.165) is 49.6 Å². The summed E-state index contributed by atoms with van der Waals surface area (Å²) in [5.41, 5.74) is 1.75. The molecule has 0 unspecified atom stereocenters. The van der Waals surface area contributed by atoms with Crippen molar-refractivity contribution in [2.75, 3.05) is 13.1 Å². The SMILES string of the molecule is CC(=O)N1CCC[C@H](Cc2nccnc2-c2ncc[nH]2)C1. The van der Waals surface area contributed by atoms with Crippen LogP contribution >= 0.6 is 0 Å². The lowest BCUT2D eigenvalue weighted by molar-refractivity contribution is -0.130. The van der Waals surface area contributed by atoms with E-state index < -0.39 is 0 Å². The first-order chi connectivity index (χ1) is 10.2. The smallest absolute Gasteiger partial charge is 0.219 e. The summed E-state index contributed by atoms with van der Waals surface area (Å²) in [5, 5.41) is 0. The average Bonchev–Trinajstić information content (AvgIpc) is 3.02. The van der Waals surface area contributed by atoms with Crippen LogP contribution in [0.25, 0.3) is 11.5 Å². The van der Waals surface area contributed by atoms with E-state index in [-0.39, 0.29) is 5.91 Å². The third kappa shape index (κ3) is 3.09. The van der Waals surface area contributed by atoms with Crippen LogP contribution in [0.3, 0.4) is 0 Å². The van der Waals surface area contributed by atoms with E-state index in [4.69, 9.17) is 0 Å². The van der Waals surface area contributed by atoms with E-state index in [1.165, 1.54) is 0 Å². The van der Waals surface area contributed by atoms with Crippen LogP contribution in [-0.2, 0) is 11.2 Å². The van der Waals surface area contributed by atoms with Crippen molar-refractivity contribution in [2.24, 2.45) is 5.92 Å². The molecule has 0 aliphatic carbocycles. The largest absolute Gasteiger partial charge is 0.343 e. The molecule has 21 heavy (non-hydrogen) atoms. The Kier molecular flexibility index (Phi) is 3.94. The van der Waals surface area contributed by atoms with E-state index >= 15 is 0 Å². The summed E-state index contributed by atoms with van der Waals surface area (Å²) in [6, 6.07) is 0. The number of nitrogens with one attached hydrogen (secondary N) is 1. The number of aromatic amines is 1. The van der Waals surface area contributed by atoms with Crippen LogP contribution in [0.1, 0.15) is 25.5 Å². The van der Waals surface area contributed by atoms with Crippen molar-refractivity contribution in [2.45, 2.75) is 26.2 Å². The van der Waals surface area contributed by atoms with E-state index in [9.17, 15) is 4.79 Å². The zero-order valence-corrected chi connectivity index (χ0v) is 12.1. The Labute approximate surface area is 123 Å². The summed E-state index contributed by atoms with van der Waals surface area (Å²) in [4.78, 5) is 29.7. The van der Waals surface area contributed by atoms with Crippen LogP contribution in [0, 0.1) is 5.92 Å². The van der Waals surface area contributed by atoms with Gasteiger partial charge in [0.15, 0.2) is 5.82 Å². The van der Waals surface area contributed by atoms with E-state index in [2.05, 4.69) is 19.9 Å². The van der Waals surface area contributed by atoms with Gasteiger partial charge in [-0.2, -0.15) is 0 Å². The van der Waals surface area contributed by atoms with Gasteiger partial charge in [0.05, 0.1) is 5.69 Å². The standard InChI is InChI=1S/C15H19N5O/c1-11(21)20-8-2-3-12(10-20)9-13-14(17-5-4-16-13)15-18-6-7-19-15/h4-7,12H,2-3,8-10H2,1H3,(H,18,19)/t12-/m1/s1. The number of amides is 1. The molecule has 0 aromatic carbocycles. The third-order valence-electron chi connectivity index (χ3n) is 3.94. The van der Waals surface area contributed by atoms with Gasteiger partial charge in [0.25, 0.3) is 0 Å². The minimum atomic E-state index is 0.158. The molecule has 2 aromatic heterocycles. The van der Waals surface area contributed by atoms with Gasteiger partial charge in [-0.25, -0.2) is 9.97 Å². The number of piperidine rings is 1. The van der Waals surface area contributed by atoms with Crippen LogP contribution < -0.4 is 0 Å². The molecule has 2 aromatic rings. The van der Waals surface area contributed by atoms with Gasteiger partial charge >= 0.3 is 0 Å². The van der Waals surface area contributed by atoms with Gasteiger partial charge in [0.1, 0.15) is 5.69 Å². The molecule has 0 radical (unpaired) electrons. The van der Waals surface area contributed by atoms with Crippen LogP contribution in [0.4, 0.5) is 0 Å². The van der Waals surface area contributed by atoms with Crippen molar-refractivity contribution in [1.82, 2.24) is 24.8 Å². The quantitative estimate of drug-likeness (QED) is 0.930. The lowest BCUT2D eigenvalue weighted by Crippen LogP contribution is -2.39. The second-order valence-corrected chi connectivity index (χ2v) is 5.47. The number of nitrogens with zero attached hydrogens (tertiary/aromatic N) is 4. The Bertz CT molecular complexity index is 610. The Morgan fingerprint density at radius 1 is 1.33 bits per heavy atom. The number of carbonyl (C=O) groups is 1. The Morgan fingerprint density at radius 3 is 2.95 bits per heavy atom. The Morgan fingerprint density at radius 2 is 2.19 bits per heavy atom.